The standard InChI is InChI=1S/C8H16O/c1-6(5-9)7-4-8(7,2)3/h6-7,9H,4-5H2,1-3H3/t6-,7?/m0/s1. The maximum Gasteiger partial charge on any atom is 0.0459 e. The van der Waals surface area contributed by atoms with Crippen LogP contribution in [0.3, 0.4) is 0 Å². The third-order valence-corrected chi connectivity index (χ3v) is 2.56. The van der Waals surface area contributed by atoms with Gasteiger partial charge >= 0.3 is 0 Å². The summed E-state index contributed by atoms with van der Waals surface area (Å²) < 4.78 is 0. The van der Waals surface area contributed by atoms with Crippen molar-refractivity contribution in [1.29, 1.82) is 0 Å². The smallest absolute Gasteiger partial charge is 0.0459 e. The molecule has 0 aliphatic heterocycles. The lowest BCUT2D eigenvalue weighted by Gasteiger charge is -2.08. The molecule has 1 saturated carbocycles. The predicted octanol–water partition coefficient (Wildman–Crippen LogP) is 1.66. The molecule has 1 rings (SSSR count). The molecular weight excluding hydrogens is 112 g/mol. The summed E-state index contributed by atoms with van der Waals surface area (Å²) in [5.74, 6) is 1.29. The van der Waals surface area contributed by atoms with Gasteiger partial charge in [0.2, 0.25) is 0 Å². The third kappa shape index (κ3) is 1.26. The molecule has 9 heavy (non-hydrogen) atoms. The van der Waals surface area contributed by atoms with Gasteiger partial charge in [-0.15, -0.1) is 0 Å². The summed E-state index contributed by atoms with van der Waals surface area (Å²) in [4.78, 5) is 0. The van der Waals surface area contributed by atoms with Crippen molar-refractivity contribution in [3.8, 4) is 0 Å². The van der Waals surface area contributed by atoms with Crippen molar-refractivity contribution in [2.75, 3.05) is 6.61 Å². The van der Waals surface area contributed by atoms with Gasteiger partial charge in [0.05, 0.1) is 0 Å². The van der Waals surface area contributed by atoms with Gasteiger partial charge in [0, 0.05) is 6.61 Å². The quantitative estimate of drug-likeness (QED) is 0.599. The molecule has 0 heterocycles. The average molecular weight is 128 g/mol. The Kier molecular flexibility index (Phi) is 1.55. The van der Waals surface area contributed by atoms with Crippen LogP contribution in [0.1, 0.15) is 27.2 Å². The Labute approximate surface area is 57.1 Å². The van der Waals surface area contributed by atoms with Gasteiger partial charge < -0.3 is 5.11 Å². The van der Waals surface area contributed by atoms with Gasteiger partial charge in [0.15, 0.2) is 0 Å². The van der Waals surface area contributed by atoms with E-state index in [-0.39, 0.29) is 0 Å². The highest BCUT2D eigenvalue weighted by Crippen LogP contribution is 2.55. The van der Waals surface area contributed by atoms with Crippen LogP contribution in [0.5, 0.6) is 0 Å². The van der Waals surface area contributed by atoms with Crippen molar-refractivity contribution >= 4 is 0 Å². The zero-order valence-electron chi connectivity index (χ0n) is 6.52. The first-order valence-corrected chi connectivity index (χ1v) is 3.69. The second-order valence-electron chi connectivity index (χ2n) is 3.96. The number of hydrogen-bond acceptors (Lipinski definition) is 1. The molecule has 1 fully saturated rings. The SMILES string of the molecule is C[C@@H](CO)C1CC1(C)C. The van der Waals surface area contributed by atoms with Crippen molar-refractivity contribution in [1.82, 2.24) is 0 Å². The maximum absolute atomic E-state index is 8.78. The molecule has 1 unspecified atom stereocenters. The molecule has 54 valence electrons. The lowest BCUT2D eigenvalue weighted by Crippen LogP contribution is -2.06. The Morgan fingerprint density at radius 1 is 1.67 bits per heavy atom. The molecular formula is C8H16O. The fourth-order valence-electron chi connectivity index (χ4n) is 1.61. The van der Waals surface area contributed by atoms with E-state index in [0.29, 0.717) is 17.9 Å². The lowest BCUT2D eigenvalue weighted by atomic mass is 10.0. The van der Waals surface area contributed by atoms with E-state index in [9.17, 15) is 0 Å². The molecule has 0 aromatic heterocycles. The van der Waals surface area contributed by atoms with Gasteiger partial charge in [-0.3, -0.25) is 0 Å². The molecule has 1 N–H and O–H groups in total. The van der Waals surface area contributed by atoms with Crippen LogP contribution in [0.4, 0.5) is 0 Å². The summed E-state index contributed by atoms with van der Waals surface area (Å²) in [7, 11) is 0. The monoisotopic (exact) mass is 128 g/mol. The van der Waals surface area contributed by atoms with Crippen LogP contribution in [0, 0.1) is 17.3 Å². The van der Waals surface area contributed by atoms with Crippen molar-refractivity contribution in [3.05, 3.63) is 0 Å². The van der Waals surface area contributed by atoms with Crippen LogP contribution in [0.2, 0.25) is 0 Å². The van der Waals surface area contributed by atoms with Crippen molar-refractivity contribution in [2.45, 2.75) is 27.2 Å². The van der Waals surface area contributed by atoms with Crippen LogP contribution in [0.15, 0.2) is 0 Å². The highest BCUT2D eigenvalue weighted by molar-refractivity contribution is 4.97. The Morgan fingerprint density at radius 2 is 2.11 bits per heavy atom. The fourth-order valence-corrected chi connectivity index (χ4v) is 1.61. The minimum absolute atomic E-state index is 0.355. The molecule has 0 saturated heterocycles. The number of hydrogen-bond donors (Lipinski definition) is 1. The number of rotatable bonds is 2. The van der Waals surface area contributed by atoms with Crippen molar-refractivity contribution in [3.63, 3.8) is 0 Å². The second-order valence-corrected chi connectivity index (χ2v) is 3.96. The molecule has 2 atom stereocenters. The van der Waals surface area contributed by atoms with E-state index in [1.165, 1.54) is 6.42 Å². The first kappa shape index (κ1) is 7.07. The zero-order valence-corrected chi connectivity index (χ0v) is 6.52. The minimum Gasteiger partial charge on any atom is -0.396 e. The molecule has 1 nitrogen and oxygen atoms in total. The van der Waals surface area contributed by atoms with Gasteiger partial charge in [0.25, 0.3) is 0 Å². The van der Waals surface area contributed by atoms with Crippen LogP contribution < -0.4 is 0 Å². The summed E-state index contributed by atoms with van der Waals surface area (Å²) in [6.07, 6.45) is 1.30. The normalized spacial score (nSPS) is 34.0. The molecule has 1 aliphatic rings. The summed E-state index contributed by atoms with van der Waals surface area (Å²) >= 11 is 0. The van der Waals surface area contributed by atoms with E-state index in [4.69, 9.17) is 5.11 Å². The Hall–Kier alpha value is -0.0400. The maximum atomic E-state index is 8.78. The van der Waals surface area contributed by atoms with Crippen molar-refractivity contribution in [2.24, 2.45) is 17.3 Å². The Morgan fingerprint density at radius 3 is 2.22 bits per heavy atom. The van der Waals surface area contributed by atoms with Crippen LogP contribution >= 0.6 is 0 Å². The van der Waals surface area contributed by atoms with Crippen LogP contribution in [-0.4, -0.2) is 11.7 Å². The number of aliphatic hydroxyl groups is 1. The Bertz CT molecular complexity index is 107. The van der Waals surface area contributed by atoms with E-state index in [2.05, 4.69) is 20.8 Å². The first-order valence-electron chi connectivity index (χ1n) is 3.69. The van der Waals surface area contributed by atoms with Gasteiger partial charge in [0.1, 0.15) is 0 Å². The molecule has 0 aromatic rings. The van der Waals surface area contributed by atoms with E-state index in [1.54, 1.807) is 0 Å². The predicted molar refractivity (Wildman–Crippen MR) is 38.1 cm³/mol. The van der Waals surface area contributed by atoms with E-state index in [1.807, 2.05) is 0 Å². The molecule has 0 spiro atoms. The minimum atomic E-state index is 0.355. The highest BCUT2D eigenvalue weighted by Gasteiger charge is 2.47. The summed E-state index contributed by atoms with van der Waals surface area (Å²) in [6, 6.07) is 0. The Balaban J connectivity index is 2.33. The average Bonchev–Trinajstić information content (AvgIpc) is 2.38. The van der Waals surface area contributed by atoms with E-state index in [0.717, 1.165) is 5.92 Å². The van der Waals surface area contributed by atoms with Gasteiger partial charge in [-0.25, -0.2) is 0 Å². The molecule has 0 bridgehead atoms. The van der Waals surface area contributed by atoms with Gasteiger partial charge in [-0.05, 0) is 23.7 Å². The van der Waals surface area contributed by atoms with Crippen molar-refractivity contribution < 1.29 is 5.11 Å². The van der Waals surface area contributed by atoms with Gasteiger partial charge in [-0.1, -0.05) is 20.8 Å². The molecule has 0 radical (unpaired) electrons. The number of aliphatic hydroxyl groups excluding tert-OH is 1. The molecule has 0 aromatic carbocycles. The van der Waals surface area contributed by atoms with E-state index < -0.39 is 0 Å². The third-order valence-electron chi connectivity index (χ3n) is 2.56. The molecule has 0 amide bonds. The van der Waals surface area contributed by atoms with Gasteiger partial charge in [-0.2, -0.15) is 0 Å². The molecule has 1 aliphatic carbocycles. The lowest BCUT2D eigenvalue weighted by molar-refractivity contribution is 0.210. The largest absolute Gasteiger partial charge is 0.396 e. The van der Waals surface area contributed by atoms with E-state index >= 15 is 0 Å². The topological polar surface area (TPSA) is 20.2 Å². The second kappa shape index (κ2) is 1.98. The molecule has 1 heteroatoms. The summed E-state index contributed by atoms with van der Waals surface area (Å²) in [5, 5.41) is 8.78. The summed E-state index contributed by atoms with van der Waals surface area (Å²) in [6.45, 7) is 7.02. The fraction of sp³-hybridized carbons (Fsp3) is 1.00. The van der Waals surface area contributed by atoms with Crippen LogP contribution in [-0.2, 0) is 0 Å². The summed E-state index contributed by atoms with van der Waals surface area (Å²) in [5.41, 5.74) is 0.530. The zero-order chi connectivity index (χ0) is 7.07. The first-order chi connectivity index (χ1) is 4.08. The van der Waals surface area contributed by atoms with Crippen LogP contribution in [0.25, 0.3) is 0 Å². The highest BCUT2D eigenvalue weighted by atomic mass is 16.3.